The van der Waals surface area contributed by atoms with E-state index in [9.17, 15) is 9.59 Å². The quantitative estimate of drug-likeness (QED) is 0.563. The fourth-order valence-electron chi connectivity index (χ4n) is 4.53. The molecule has 0 spiro atoms. The summed E-state index contributed by atoms with van der Waals surface area (Å²) >= 11 is 12.1. The van der Waals surface area contributed by atoms with Gasteiger partial charge in [-0.2, -0.15) is 5.10 Å². The number of hydrogen-bond acceptors (Lipinski definition) is 3. The summed E-state index contributed by atoms with van der Waals surface area (Å²) in [5.74, 6) is -0.169. The van der Waals surface area contributed by atoms with Gasteiger partial charge in [0, 0.05) is 30.6 Å². The second kappa shape index (κ2) is 8.26. The Balaban J connectivity index is 1.42. The molecule has 1 atom stereocenters. The summed E-state index contributed by atoms with van der Waals surface area (Å²) in [6.07, 6.45) is 0.615. The highest BCUT2D eigenvalue weighted by atomic mass is 35.5. The Morgan fingerprint density at radius 1 is 1.03 bits per heavy atom. The Labute approximate surface area is 196 Å². The summed E-state index contributed by atoms with van der Waals surface area (Å²) in [5.41, 5.74) is 3.93. The molecule has 2 amide bonds. The molecule has 1 unspecified atom stereocenters. The van der Waals surface area contributed by atoms with Crippen molar-refractivity contribution in [1.82, 2.24) is 19.6 Å². The lowest BCUT2D eigenvalue weighted by Gasteiger charge is -2.34. The van der Waals surface area contributed by atoms with Gasteiger partial charge < -0.3 is 9.80 Å². The van der Waals surface area contributed by atoms with Crippen LogP contribution >= 0.6 is 23.2 Å². The van der Waals surface area contributed by atoms with Gasteiger partial charge in [-0.1, -0.05) is 53.5 Å². The maximum atomic E-state index is 13.5. The molecule has 1 aromatic heterocycles. The van der Waals surface area contributed by atoms with Gasteiger partial charge in [-0.15, -0.1) is 0 Å². The van der Waals surface area contributed by atoms with Crippen LogP contribution in [0.15, 0.2) is 48.5 Å². The number of nitrogens with zero attached hydrogens (tertiary/aromatic N) is 4. The summed E-state index contributed by atoms with van der Waals surface area (Å²) in [6, 6.07) is 14.9. The molecule has 3 aromatic rings. The summed E-state index contributed by atoms with van der Waals surface area (Å²) in [5, 5.41) is 5.45. The Kier molecular flexibility index (Phi) is 5.43. The smallest absolute Gasteiger partial charge is 0.273 e. The summed E-state index contributed by atoms with van der Waals surface area (Å²) in [6.45, 7) is 4.19. The number of rotatable bonds is 3. The molecule has 3 heterocycles. The molecule has 2 aliphatic rings. The number of carbonyl (C=O) groups excluding carboxylic acids is 2. The second-order valence-corrected chi connectivity index (χ2v) is 9.00. The molecule has 0 N–H and O–H groups in total. The number of amides is 2. The zero-order valence-electron chi connectivity index (χ0n) is 17.6. The molecule has 5 rings (SSSR count). The zero-order chi connectivity index (χ0) is 22.4. The van der Waals surface area contributed by atoms with Crippen LogP contribution in [0.4, 0.5) is 0 Å². The number of carbonyl (C=O) groups is 2. The van der Waals surface area contributed by atoms with Crippen molar-refractivity contribution in [1.29, 1.82) is 0 Å². The molecule has 0 aliphatic carbocycles. The van der Waals surface area contributed by atoms with Crippen LogP contribution in [0.2, 0.25) is 10.0 Å². The minimum absolute atomic E-state index is 0.0369. The largest absolute Gasteiger partial charge is 0.334 e. The third-order valence-electron chi connectivity index (χ3n) is 6.32. The van der Waals surface area contributed by atoms with Crippen LogP contribution < -0.4 is 0 Å². The van der Waals surface area contributed by atoms with Crippen molar-refractivity contribution in [2.75, 3.05) is 13.1 Å². The molecule has 0 fully saturated rings. The van der Waals surface area contributed by atoms with E-state index >= 15 is 0 Å². The first-order valence-corrected chi connectivity index (χ1v) is 11.4. The minimum atomic E-state index is -0.132. The highest BCUT2D eigenvalue weighted by molar-refractivity contribution is 6.42. The van der Waals surface area contributed by atoms with E-state index in [1.807, 2.05) is 46.8 Å². The van der Waals surface area contributed by atoms with Crippen molar-refractivity contribution >= 4 is 35.0 Å². The van der Waals surface area contributed by atoms with Crippen LogP contribution in [0, 0.1) is 0 Å². The van der Waals surface area contributed by atoms with Gasteiger partial charge >= 0.3 is 0 Å². The van der Waals surface area contributed by atoms with E-state index in [1.165, 1.54) is 0 Å². The van der Waals surface area contributed by atoms with E-state index in [1.54, 1.807) is 23.1 Å². The first-order chi connectivity index (χ1) is 15.4. The molecule has 0 saturated heterocycles. The van der Waals surface area contributed by atoms with Crippen molar-refractivity contribution in [2.45, 2.75) is 32.5 Å². The molecule has 0 saturated carbocycles. The van der Waals surface area contributed by atoms with E-state index in [4.69, 9.17) is 28.3 Å². The summed E-state index contributed by atoms with van der Waals surface area (Å²) in [4.78, 5) is 30.3. The van der Waals surface area contributed by atoms with E-state index in [-0.39, 0.29) is 17.9 Å². The third-order valence-corrected chi connectivity index (χ3v) is 7.06. The Bertz CT molecular complexity index is 1210. The van der Waals surface area contributed by atoms with Crippen LogP contribution in [0.5, 0.6) is 0 Å². The predicted octanol–water partition coefficient (Wildman–Crippen LogP) is 4.61. The minimum Gasteiger partial charge on any atom is -0.334 e. The van der Waals surface area contributed by atoms with Gasteiger partial charge in [-0.25, -0.2) is 0 Å². The van der Waals surface area contributed by atoms with Crippen molar-refractivity contribution in [2.24, 2.45) is 0 Å². The molecular formula is C24H22Cl2N4O2. The third kappa shape index (κ3) is 3.57. The van der Waals surface area contributed by atoms with Crippen LogP contribution in [0.25, 0.3) is 0 Å². The first kappa shape index (κ1) is 21.0. The highest BCUT2D eigenvalue weighted by Gasteiger charge is 2.36. The van der Waals surface area contributed by atoms with Crippen molar-refractivity contribution in [3.05, 3.63) is 86.7 Å². The molecule has 32 heavy (non-hydrogen) atoms. The molecule has 164 valence electrons. The number of fused-ring (bicyclic) bond motifs is 3. The van der Waals surface area contributed by atoms with E-state index in [2.05, 4.69) is 0 Å². The maximum Gasteiger partial charge on any atom is 0.273 e. The topological polar surface area (TPSA) is 58.4 Å². The SMILES string of the molecule is CC(c1ccccc1)N1CCn2nc3c(c2C1=O)CN(C(=O)c1ccc(Cl)c(Cl)c1)CC3. The van der Waals surface area contributed by atoms with Crippen molar-refractivity contribution in [3.8, 4) is 0 Å². The first-order valence-electron chi connectivity index (χ1n) is 10.6. The molecule has 8 heteroatoms. The molecule has 0 bridgehead atoms. The summed E-state index contributed by atoms with van der Waals surface area (Å²) in [7, 11) is 0. The molecule has 6 nitrogen and oxygen atoms in total. The van der Waals surface area contributed by atoms with Crippen LogP contribution in [-0.4, -0.2) is 44.5 Å². The van der Waals surface area contributed by atoms with Gasteiger partial charge in [0.2, 0.25) is 0 Å². The lowest BCUT2D eigenvalue weighted by atomic mass is 10.0. The van der Waals surface area contributed by atoms with Gasteiger partial charge in [0.1, 0.15) is 5.69 Å². The van der Waals surface area contributed by atoms with Crippen molar-refractivity contribution < 1.29 is 9.59 Å². The van der Waals surface area contributed by atoms with Crippen molar-refractivity contribution in [3.63, 3.8) is 0 Å². The Hall–Kier alpha value is -2.83. The Morgan fingerprint density at radius 3 is 2.56 bits per heavy atom. The molecule has 2 aromatic carbocycles. The second-order valence-electron chi connectivity index (χ2n) is 8.19. The van der Waals surface area contributed by atoms with E-state index in [0.717, 1.165) is 16.8 Å². The van der Waals surface area contributed by atoms with E-state index < -0.39 is 0 Å². The van der Waals surface area contributed by atoms with Crippen LogP contribution in [0.3, 0.4) is 0 Å². The van der Waals surface area contributed by atoms with Gasteiger partial charge in [0.05, 0.1) is 34.9 Å². The monoisotopic (exact) mass is 468 g/mol. The normalized spacial score (nSPS) is 16.5. The van der Waals surface area contributed by atoms with Crippen LogP contribution in [-0.2, 0) is 19.5 Å². The van der Waals surface area contributed by atoms with Gasteiger partial charge in [0.15, 0.2) is 0 Å². The number of halogens is 2. The van der Waals surface area contributed by atoms with Gasteiger partial charge in [-0.3, -0.25) is 14.3 Å². The van der Waals surface area contributed by atoms with Crippen LogP contribution in [0.1, 0.15) is 50.6 Å². The number of hydrogen-bond donors (Lipinski definition) is 0. The fourth-order valence-corrected chi connectivity index (χ4v) is 4.83. The highest BCUT2D eigenvalue weighted by Crippen LogP contribution is 2.31. The average molecular weight is 469 g/mol. The molecular weight excluding hydrogens is 447 g/mol. The molecule has 0 radical (unpaired) electrons. The average Bonchev–Trinajstić information content (AvgIpc) is 3.19. The lowest BCUT2D eigenvalue weighted by Crippen LogP contribution is -2.43. The summed E-state index contributed by atoms with van der Waals surface area (Å²) < 4.78 is 1.81. The lowest BCUT2D eigenvalue weighted by molar-refractivity contribution is 0.0616. The standard InChI is InChI=1S/C24H22Cl2N4O2/c1-15(16-5-3-2-4-6-16)29-11-12-30-22(24(29)32)18-14-28(10-9-21(18)27-30)23(31)17-7-8-19(25)20(26)13-17/h2-8,13,15H,9-12,14H2,1H3. The number of aromatic nitrogens is 2. The predicted molar refractivity (Wildman–Crippen MR) is 123 cm³/mol. The van der Waals surface area contributed by atoms with Gasteiger partial charge in [0.25, 0.3) is 11.8 Å². The Morgan fingerprint density at radius 2 is 1.81 bits per heavy atom. The molecule has 2 aliphatic heterocycles. The zero-order valence-corrected chi connectivity index (χ0v) is 19.1. The number of benzene rings is 2. The maximum absolute atomic E-state index is 13.5. The van der Waals surface area contributed by atoms with E-state index in [0.29, 0.717) is 53.9 Å². The fraction of sp³-hybridized carbons (Fsp3) is 0.292. The van der Waals surface area contributed by atoms with Gasteiger partial charge in [-0.05, 0) is 30.7 Å².